The van der Waals surface area contributed by atoms with Crippen LogP contribution in [0.15, 0.2) is 53.3 Å². The first-order valence-corrected chi connectivity index (χ1v) is 12.9. The summed E-state index contributed by atoms with van der Waals surface area (Å²) in [7, 11) is 6.57. The van der Waals surface area contributed by atoms with Crippen molar-refractivity contribution in [1.82, 2.24) is 19.1 Å². The third-order valence-electron chi connectivity index (χ3n) is 4.25. The summed E-state index contributed by atoms with van der Waals surface area (Å²) >= 11 is 5.29. The molecule has 0 saturated heterocycles. The molecule has 200 valence electrons. The highest BCUT2D eigenvalue weighted by Crippen LogP contribution is 2.17. The van der Waals surface area contributed by atoms with Crippen LogP contribution in [-0.2, 0) is 14.1 Å². The van der Waals surface area contributed by atoms with E-state index in [0.29, 0.717) is 22.9 Å². The molecule has 0 aliphatic heterocycles. The number of rotatable bonds is 2. The summed E-state index contributed by atoms with van der Waals surface area (Å²) in [5, 5.41) is 1.58. The average Bonchev–Trinajstić information content (AvgIpc) is 2.97. The quantitative estimate of drug-likeness (QED) is 0.259. The topological polar surface area (TPSA) is 71.2 Å². The Hall–Kier alpha value is -3.26. The van der Waals surface area contributed by atoms with E-state index in [1.54, 1.807) is 30.9 Å². The number of hydrogen-bond acceptors (Lipinski definition) is 6. The maximum Gasteiger partial charge on any atom is 0.299 e. The van der Waals surface area contributed by atoms with Gasteiger partial charge in [0.15, 0.2) is 0 Å². The highest BCUT2D eigenvalue weighted by atomic mass is 32.1. The molecular formula is C28H44N4O3S. The van der Waals surface area contributed by atoms with Gasteiger partial charge in [-0.3, -0.25) is 13.9 Å². The standard InChI is InChI=1S/C10H10N2O2.C10H10N2OS.4C2H6/c1-12-9(13)7-5-3-4-6-8(7)11-10(12)14-2;1-12-9(14)7-5-3-4-6-8(7)11-10(12)13-2;4*1-2/h2*3-6H,1-2H3;4*1-2H3. The Morgan fingerprint density at radius 1 is 0.639 bits per heavy atom. The summed E-state index contributed by atoms with van der Waals surface area (Å²) in [5.74, 6) is 0. The van der Waals surface area contributed by atoms with E-state index in [0.717, 1.165) is 15.5 Å². The molecule has 4 aromatic rings. The molecule has 0 spiro atoms. The van der Waals surface area contributed by atoms with Crippen molar-refractivity contribution in [2.75, 3.05) is 14.2 Å². The molecule has 0 aliphatic rings. The van der Waals surface area contributed by atoms with E-state index >= 15 is 0 Å². The van der Waals surface area contributed by atoms with E-state index < -0.39 is 0 Å². The van der Waals surface area contributed by atoms with Crippen molar-refractivity contribution < 1.29 is 9.47 Å². The van der Waals surface area contributed by atoms with Gasteiger partial charge in [-0.2, -0.15) is 9.97 Å². The molecule has 2 aromatic carbocycles. The summed E-state index contributed by atoms with van der Waals surface area (Å²) in [6, 6.07) is 15.8. The van der Waals surface area contributed by atoms with E-state index in [2.05, 4.69) is 9.97 Å². The Morgan fingerprint density at radius 2 is 1.00 bits per heavy atom. The molecule has 7 nitrogen and oxygen atoms in total. The normalized spacial score (nSPS) is 8.78. The molecule has 0 atom stereocenters. The molecule has 0 aliphatic carbocycles. The van der Waals surface area contributed by atoms with E-state index in [-0.39, 0.29) is 5.56 Å². The lowest BCUT2D eigenvalue weighted by molar-refractivity contribution is 0.359. The smallest absolute Gasteiger partial charge is 0.299 e. The van der Waals surface area contributed by atoms with Gasteiger partial charge in [0.1, 0.15) is 4.64 Å². The monoisotopic (exact) mass is 516 g/mol. The fraction of sp³-hybridized carbons (Fsp3) is 0.429. The van der Waals surface area contributed by atoms with Crippen LogP contribution < -0.4 is 15.0 Å². The van der Waals surface area contributed by atoms with Crippen LogP contribution in [0.1, 0.15) is 55.4 Å². The number of ether oxygens (including phenoxy) is 2. The zero-order chi connectivity index (χ0) is 28.3. The highest BCUT2D eigenvalue weighted by Gasteiger charge is 2.06. The zero-order valence-corrected chi connectivity index (χ0v) is 24.9. The van der Waals surface area contributed by atoms with Crippen LogP contribution in [0, 0.1) is 4.64 Å². The molecule has 2 heterocycles. The fourth-order valence-corrected chi connectivity index (χ4v) is 3.01. The number of aromatic nitrogens is 4. The van der Waals surface area contributed by atoms with Gasteiger partial charge in [-0.1, -0.05) is 91.9 Å². The number of nitrogens with zero attached hydrogens (tertiary/aromatic N) is 4. The van der Waals surface area contributed by atoms with Gasteiger partial charge in [-0.15, -0.1) is 0 Å². The van der Waals surface area contributed by atoms with Gasteiger partial charge in [-0.25, -0.2) is 0 Å². The van der Waals surface area contributed by atoms with Crippen molar-refractivity contribution >= 4 is 34.0 Å². The van der Waals surface area contributed by atoms with Gasteiger partial charge in [0.05, 0.1) is 30.6 Å². The van der Waals surface area contributed by atoms with Gasteiger partial charge in [-0.05, 0) is 24.3 Å². The minimum absolute atomic E-state index is 0.0903. The van der Waals surface area contributed by atoms with Crippen molar-refractivity contribution in [2.24, 2.45) is 14.1 Å². The predicted octanol–water partition coefficient (Wildman–Crippen LogP) is 7.36. The third kappa shape index (κ3) is 9.07. The summed E-state index contributed by atoms with van der Waals surface area (Å²) < 4.78 is 14.0. The zero-order valence-electron chi connectivity index (χ0n) is 24.0. The molecule has 4 rings (SSSR count). The first-order chi connectivity index (χ1) is 17.5. The average molecular weight is 517 g/mol. The summed E-state index contributed by atoms with van der Waals surface area (Å²) in [6.07, 6.45) is 0. The molecule has 0 saturated carbocycles. The van der Waals surface area contributed by atoms with Crippen LogP contribution in [0.5, 0.6) is 12.0 Å². The van der Waals surface area contributed by atoms with Crippen LogP contribution >= 0.6 is 12.2 Å². The molecule has 0 bridgehead atoms. The summed E-state index contributed by atoms with van der Waals surface area (Å²) in [6.45, 7) is 16.0. The molecule has 0 N–H and O–H groups in total. The van der Waals surface area contributed by atoms with Crippen LogP contribution in [0.2, 0.25) is 0 Å². The second kappa shape index (κ2) is 20.0. The van der Waals surface area contributed by atoms with Crippen molar-refractivity contribution in [3.05, 3.63) is 63.5 Å². The Balaban J connectivity index is 0. The Bertz CT molecular complexity index is 1170. The third-order valence-corrected chi connectivity index (χ3v) is 4.74. The largest absolute Gasteiger partial charge is 0.468 e. The Labute approximate surface area is 221 Å². The Morgan fingerprint density at radius 3 is 1.44 bits per heavy atom. The lowest BCUT2D eigenvalue weighted by Gasteiger charge is -2.07. The van der Waals surface area contributed by atoms with Gasteiger partial charge in [0, 0.05) is 19.5 Å². The number of hydrogen-bond donors (Lipinski definition) is 0. The van der Waals surface area contributed by atoms with Crippen LogP contribution in [0.4, 0.5) is 0 Å². The minimum atomic E-state index is -0.0903. The van der Waals surface area contributed by atoms with E-state index in [9.17, 15) is 4.79 Å². The Kier molecular flexibility index (Phi) is 19.4. The molecule has 0 radical (unpaired) electrons. The second-order valence-electron chi connectivity index (χ2n) is 5.96. The molecular weight excluding hydrogens is 472 g/mol. The van der Waals surface area contributed by atoms with Gasteiger partial charge in [0.25, 0.3) is 17.6 Å². The molecule has 2 aromatic heterocycles. The first-order valence-electron chi connectivity index (χ1n) is 12.5. The minimum Gasteiger partial charge on any atom is -0.468 e. The summed E-state index contributed by atoms with van der Waals surface area (Å²) in [5.41, 5.74) is 1.44. The van der Waals surface area contributed by atoms with E-state index in [4.69, 9.17) is 21.7 Å². The molecule has 0 unspecified atom stereocenters. The van der Waals surface area contributed by atoms with Gasteiger partial charge in [0.2, 0.25) is 0 Å². The SMILES string of the molecule is CC.CC.CC.CC.COc1nc2ccccc2c(=O)n1C.COc1nc2ccccc2c(=S)n1C. The predicted molar refractivity (Wildman–Crippen MR) is 157 cm³/mol. The van der Waals surface area contributed by atoms with Crippen molar-refractivity contribution in [3.8, 4) is 12.0 Å². The van der Waals surface area contributed by atoms with Gasteiger partial charge >= 0.3 is 0 Å². The lowest BCUT2D eigenvalue weighted by atomic mass is 10.2. The van der Waals surface area contributed by atoms with Crippen LogP contribution in [0.3, 0.4) is 0 Å². The fourth-order valence-electron chi connectivity index (χ4n) is 2.76. The highest BCUT2D eigenvalue weighted by molar-refractivity contribution is 7.71. The van der Waals surface area contributed by atoms with Crippen LogP contribution in [0.25, 0.3) is 21.8 Å². The lowest BCUT2D eigenvalue weighted by Crippen LogP contribution is -2.19. The molecule has 0 fully saturated rings. The number of benzene rings is 2. The van der Waals surface area contributed by atoms with Crippen molar-refractivity contribution in [1.29, 1.82) is 0 Å². The van der Waals surface area contributed by atoms with E-state index in [1.165, 1.54) is 11.7 Å². The number of methoxy groups -OCH3 is 2. The molecule has 0 amide bonds. The molecule has 36 heavy (non-hydrogen) atoms. The summed E-state index contributed by atoms with van der Waals surface area (Å²) in [4.78, 5) is 20.3. The number of para-hydroxylation sites is 2. The van der Waals surface area contributed by atoms with Gasteiger partial charge < -0.3 is 9.47 Å². The second-order valence-corrected chi connectivity index (χ2v) is 6.35. The first kappa shape index (κ1) is 34.9. The maximum atomic E-state index is 11.8. The number of fused-ring (bicyclic) bond motifs is 2. The van der Waals surface area contributed by atoms with Crippen LogP contribution in [-0.4, -0.2) is 33.3 Å². The maximum absolute atomic E-state index is 11.8. The van der Waals surface area contributed by atoms with E-state index in [1.807, 2.05) is 98.8 Å². The van der Waals surface area contributed by atoms with Crippen molar-refractivity contribution in [3.63, 3.8) is 0 Å². The molecule has 8 heteroatoms. The van der Waals surface area contributed by atoms with Crippen molar-refractivity contribution in [2.45, 2.75) is 55.4 Å².